The van der Waals surface area contributed by atoms with Crippen molar-refractivity contribution in [2.75, 3.05) is 6.54 Å². The number of amides is 1. The molecule has 1 atom stereocenters. The van der Waals surface area contributed by atoms with E-state index >= 15 is 0 Å². The Hall–Kier alpha value is -3.02. The van der Waals surface area contributed by atoms with Gasteiger partial charge in [-0.15, -0.1) is 5.10 Å². The summed E-state index contributed by atoms with van der Waals surface area (Å²) >= 11 is 0. The first-order chi connectivity index (χ1) is 12.1. The topological polar surface area (TPSA) is 51.0 Å². The van der Waals surface area contributed by atoms with Gasteiger partial charge in [0, 0.05) is 6.54 Å². The zero-order valence-corrected chi connectivity index (χ0v) is 13.8. The second kappa shape index (κ2) is 6.12. The fourth-order valence-corrected chi connectivity index (χ4v) is 3.26. The lowest BCUT2D eigenvalue weighted by Crippen LogP contribution is -2.39. The second-order valence-electron chi connectivity index (χ2n) is 6.12. The van der Waals surface area contributed by atoms with Gasteiger partial charge < -0.3 is 4.90 Å². The fraction of sp³-hybridized carbons (Fsp3) is 0.211. The standard InChI is InChI=1S/C19H17FN4O/c1-13-17-11-15(20)8-7-14(17)9-10-23(13)19(25)18-12-21-24(22-18)16-5-3-2-4-6-16/h2-8,11-13H,9-10H2,1H3. The summed E-state index contributed by atoms with van der Waals surface area (Å²) in [7, 11) is 0. The van der Waals surface area contributed by atoms with E-state index in [1.54, 1.807) is 11.0 Å². The van der Waals surface area contributed by atoms with Crippen molar-refractivity contribution < 1.29 is 9.18 Å². The second-order valence-corrected chi connectivity index (χ2v) is 6.12. The predicted molar refractivity (Wildman–Crippen MR) is 90.9 cm³/mol. The van der Waals surface area contributed by atoms with Gasteiger partial charge in [0.1, 0.15) is 5.82 Å². The van der Waals surface area contributed by atoms with Crippen molar-refractivity contribution in [2.45, 2.75) is 19.4 Å². The molecule has 25 heavy (non-hydrogen) atoms. The fourth-order valence-electron chi connectivity index (χ4n) is 3.26. The highest BCUT2D eigenvalue weighted by molar-refractivity contribution is 5.92. The quantitative estimate of drug-likeness (QED) is 0.722. The third kappa shape index (κ3) is 2.80. The molecule has 0 bridgehead atoms. The molecular formula is C19H17FN4O. The summed E-state index contributed by atoms with van der Waals surface area (Å²) in [6.07, 6.45) is 2.18. The third-order valence-electron chi connectivity index (χ3n) is 4.61. The minimum absolute atomic E-state index is 0.190. The van der Waals surface area contributed by atoms with Gasteiger partial charge in [0.05, 0.1) is 17.9 Å². The molecule has 0 N–H and O–H groups in total. The molecule has 5 nitrogen and oxygen atoms in total. The number of rotatable bonds is 2. The van der Waals surface area contributed by atoms with Crippen LogP contribution in [0.15, 0.2) is 54.7 Å². The molecule has 0 saturated carbocycles. The van der Waals surface area contributed by atoms with E-state index in [-0.39, 0.29) is 23.5 Å². The number of para-hydroxylation sites is 1. The highest BCUT2D eigenvalue weighted by atomic mass is 19.1. The number of fused-ring (bicyclic) bond motifs is 1. The maximum Gasteiger partial charge on any atom is 0.276 e. The van der Waals surface area contributed by atoms with Crippen LogP contribution in [0.3, 0.4) is 0 Å². The van der Waals surface area contributed by atoms with E-state index < -0.39 is 0 Å². The Bertz CT molecular complexity index is 922. The first-order valence-corrected chi connectivity index (χ1v) is 8.20. The zero-order chi connectivity index (χ0) is 17.4. The number of carbonyl (C=O) groups excluding carboxylic acids is 1. The van der Waals surface area contributed by atoms with Gasteiger partial charge in [-0.1, -0.05) is 24.3 Å². The molecule has 0 fully saturated rings. The molecule has 1 aliphatic rings. The van der Waals surface area contributed by atoms with Gasteiger partial charge in [-0.25, -0.2) is 4.39 Å². The van der Waals surface area contributed by atoms with Crippen LogP contribution in [0.5, 0.6) is 0 Å². The first-order valence-electron chi connectivity index (χ1n) is 8.20. The summed E-state index contributed by atoms with van der Waals surface area (Å²) in [5.74, 6) is -0.473. The smallest absolute Gasteiger partial charge is 0.276 e. The Morgan fingerprint density at radius 1 is 1.20 bits per heavy atom. The van der Waals surface area contributed by atoms with Crippen molar-refractivity contribution in [1.29, 1.82) is 0 Å². The Morgan fingerprint density at radius 3 is 2.80 bits per heavy atom. The molecule has 126 valence electrons. The minimum atomic E-state index is -0.282. The largest absolute Gasteiger partial charge is 0.330 e. The lowest BCUT2D eigenvalue weighted by atomic mass is 9.93. The lowest BCUT2D eigenvalue weighted by molar-refractivity contribution is 0.0670. The van der Waals surface area contributed by atoms with Crippen LogP contribution in [0, 0.1) is 5.82 Å². The molecule has 2 aromatic carbocycles. The minimum Gasteiger partial charge on any atom is -0.330 e. The summed E-state index contributed by atoms with van der Waals surface area (Å²) < 4.78 is 13.6. The molecule has 0 aliphatic carbocycles. The van der Waals surface area contributed by atoms with Crippen LogP contribution in [-0.2, 0) is 6.42 Å². The Balaban J connectivity index is 1.61. The Kier molecular flexibility index (Phi) is 3.80. The number of carbonyl (C=O) groups is 1. The van der Waals surface area contributed by atoms with Gasteiger partial charge in [-0.3, -0.25) is 4.79 Å². The van der Waals surface area contributed by atoms with Crippen LogP contribution in [0.4, 0.5) is 4.39 Å². The van der Waals surface area contributed by atoms with Crippen molar-refractivity contribution in [3.63, 3.8) is 0 Å². The van der Waals surface area contributed by atoms with Crippen LogP contribution >= 0.6 is 0 Å². The molecule has 1 unspecified atom stereocenters. The van der Waals surface area contributed by atoms with Crippen molar-refractivity contribution >= 4 is 5.91 Å². The number of halogens is 1. The van der Waals surface area contributed by atoms with Gasteiger partial charge >= 0.3 is 0 Å². The van der Waals surface area contributed by atoms with Gasteiger partial charge in [-0.05, 0) is 48.7 Å². The van der Waals surface area contributed by atoms with E-state index in [9.17, 15) is 9.18 Å². The molecule has 0 spiro atoms. The average molecular weight is 336 g/mol. The number of nitrogens with zero attached hydrogens (tertiary/aromatic N) is 4. The predicted octanol–water partition coefficient (Wildman–Crippen LogP) is 3.17. The Labute approximate surface area is 144 Å². The molecule has 0 radical (unpaired) electrons. The maximum absolute atomic E-state index is 13.6. The van der Waals surface area contributed by atoms with E-state index in [0.717, 1.165) is 16.8 Å². The molecule has 1 amide bonds. The number of hydrogen-bond acceptors (Lipinski definition) is 3. The van der Waals surface area contributed by atoms with E-state index in [1.165, 1.54) is 23.1 Å². The first kappa shape index (κ1) is 15.5. The van der Waals surface area contributed by atoms with Gasteiger partial charge in [-0.2, -0.15) is 9.90 Å². The SMILES string of the molecule is CC1c2cc(F)ccc2CCN1C(=O)c1cnn(-c2ccccc2)n1. The van der Waals surface area contributed by atoms with Crippen molar-refractivity contribution in [2.24, 2.45) is 0 Å². The molecule has 4 rings (SSSR count). The summed E-state index contributed by atoms with van der Waals surface area (Å²) in [6, 6.07) is 14.0. The van der Waals surface area contributed by atoms with E-state index in [4.69, 9.17) is 0 Å². The Morgan fingerprint density at radius 2 is 2.00 bits per heavy atom. The molecule has 6 heteroatoms. The van der Waals surface area contributed by atoms with Crippen LogP contribution in [0.2, 0.25) is 0 Å². The van der Waals surface area contributed by atoms with Crippen LogP contribution < -0.4 is 0 Å². The van der Waals surface area contributed by atoms with E-state index in [0.29, 0.717) is 13.0 Å². The summed E-state index contributed by atoms with van der Waals surface area (Å²) in [6.45, 7) is 2.49. The van der Waals surface area contributed by atoms with Crippen molar-refractivity contribution in [1.82, 2.24) is 19.9 Å². The van der Waals surface area contributed by atoms with E-state index in [1.807, 2.05) is 37.3 Å². The van der Waals surface area contributed by atoms with Crippen LogP contribution in [0.1, 0.15) is 34.6 Å². The lowest BCUT2D eigenvalue weighted by Gasteiger charge is -2.34. The van der Waals surface area contributed by atoms with Crippen molar-refractivity contribution in [3.05, 3.63) is 77.4 Å². The maximum atomic E-state index is 13.6. The average Bonchev–Trinajstić information content (AvgIpc) is 3.13. The zero-order valence-electron chi connectivity index (χ0n) is 13.8. The highest BCUT2D eigenvalue weighted by Gasteiger charge is 2.30. The molecule has 1 aliphatic heterocycles. The molecule has 0 saturated heterocycles. The number of benzene rings is 2. The number of hydrogen-bond donors (Lipinski definition) is 0. The molecule has 1 aromatic heterocycles. The molecule has 3 aromatic rings. The van der Waals surface area contributed by atoms with Gasteiger partial charge in [0.15, 0.2) is 5.69 Å². The van der Waals surface area contributed by atoms with E-state index in [2.05, 4.69) is 10.2 Å². The monoisotopic (exact) mass is 336 g/mol. The van der Waals surface area contributed by atoms with Gasteiger partial charge in [0.2, 0.25) is 0 Å². The molecule has 2 heterocycles. The summed E-state index contributed by atoms with van der Waals surface area (Å²) in [5, 5.41) is 8.49. The van der Waals surface area contributed by atoms with Crippen molar-refractivity contribution in [3.8, 4) is 5.69 Å². The van der Waals surface area contributed by atoms with Crippen LogP contribution in [0.25, 0.3) is 5.69 Å². The highest BCUT2D eigenvalue weighted by Crippen LogP contribution is 2.30. The molecular weight excluding hydrogens is 319 g/mol. The third-order valence-corrected chi connectivity index (χ3v) is 4.61. The van der Waals surface area contributed by atoms with Crippen LogP contribution in [-0.4, -0.2) is 32.3 Å². The number of aromatic nitrogens is 3. The summed E-state index contributed by atoms with van der Waals surface area (Å²) in [5.41, 5.74) is 3.03. The normalized spacial score (nSPS) is 16.6. The summed E-state index contributed by atoms with van der Waals surface area (Å²) in [4.78, 5) is 16.0. The van der Waals surface area contributed by atoms with Gasteiger partial charge in [0.25, 0.3) is 5.91 Å².